The van der Waals surface area contributed by atoms with Crippen LogP contribution in [0.25, 0.3) is 0 Å². The van der Waals surface area contributed by atoms with Crippen LogP contribution >= 0.6 is 0 Å². The first-order chi connectivity index (χ1) is 6.25. The van der Waals surface area contributed by atoms with Gasteiger partial charge in [-0.15, -0.1) is 0 Å². The lowest BCUT2D eigenvalue weighted by Gasteiger charge is -2.07. The summed E-state index contributed by atoms with van der Waals surface area (Å²) in [6, 6.07) is 0. The molecule has 1 aliphatic carbocycles. The number of rotatable bonds is 5. The molecule has 74 valence electrons. The lowest BCUT2D eigenvalue weighted by molar-refractivity contribution is -0.118. The van der Waals surface area contributed by atoms with E-state index in [9.17, 15) is 4.79 Å². The average molecular weight is 180 g/mol. The highest BCUT2D eigenvalue weighted by Gasteiger charge is 2.23. The Bertz CT molecular complexity index is 203. The van der Waals surface area contributed by atoms with Gasteiger partial charge in [0, 0.05) is 5.92 Å². The highest BCUT2D eigenvalue weighted by molar-refractivity contribution is 5.98. The van der Waals surface area contributed by atoms with Crippen molar-refractivity contribution < 1.29 is 4.79 Å². The maximum absolute atomic E-state index is 11.5. The van der Waals surface area contributed by atoms with Gasteiger partial charge in [-0.1, -0.05) is 38.7 Å². The van der Waals surface area contributed by atoms with E-state index >= 15 is 0 Å². The van der Waals surface area contributed by atoms with Crippen LogP contribution in [0, 0.1) is 5.92 Å². The van der Waals surface area contributed by atoms with Crippen LogP contribution in [0.4, 0.5) is 0 Å². The zero-order valence-electron chi connectivity index (χ0n) is 8.81. The average Bonchev–Trinajstić information content (AvgIpc) is 2.43. The van der Waals surface area contributed by atoms with Crippen LogP contribution in [0.2, 0.25) is 0 Å². The molecule has 0 radical (unpaired) electrons. The first kappa shape index (κ1) is 10.5. The second kappa shape index (κ2) is 5.21. The molecule has 1 nitrogen and oxygen atoms in total. The van der Waals surface area contributed by atoms with E-state index in [4.69, 9.17) is 0 Å². The van der Waals surface area contributed by atoms with Gasteiger partial charge >= 0.3 is 0 Å². The highest BCUT2D eigenvalue weighted by Crippen LogP contribution is 2.25. The van der Waals surface area contributed by atoms with Crippen molar-refractivity contribution in [3.8, 4) is 0 Å². The van der Waals surface area contributed by atoms with Gasteiger partial charge in [-0.05, 0) is 25.3 Å². The minimum absolute atomic E-state index is 0.330. The molecule has 0 aromatic rings. The summed E-state index contributed by atoms with van der Waals surface area (Å²) < 4.78 is 0. The predicted octanol–water partition coefficient (Wildman–Crippen LogP) is 3.49. The van der Waals surface area contributed by atoms with Gasteiger partial charge in [0.15, 0.2) is 5.78 Å². The Labute approximate surface area is 81.2 Å². The minimum Gasteiger partial charge on any atom is -0.294 e. The third-order valence-corrected chi connectivity index (χ3v) is 2.87. The predicted molar refractivity (Wildman–Crippen MR) is 55.6 cm³/mol. The van der Waals surface area contributed by atoms with Gasteiger partial charge in [0.2, 0.25) is 0 Å². The minimum atomic E-state index is 0.330. The van der Waals surface area contributed by atoms with E-state index in [-0.39, 0.29) is 0 Å². The molecule has 0 saturated heterocycles. The molecule has 0 aromatic carbocycles. The number of hydrogen-bond donors (Lipinski definition) is 0. The molecule has 13 heavy (non-hydrogen) atoms. The van der Waals surface area contributed by atoms with E-state index in [2.05, 4.69) is 13.0 Å². The molecular weight excluding hydrogens is 160 g/mol. The second-order valence-electron chi connectivity index (χ2n) is 4.03. The van der Waals surface area contributed by atoms with Crippen molar-refractivity contribution >= 4 is 5.78 Å². The quantitative estimate of drug-likeness (QED) is 0.592. The van der Waals surface area contributed by atoms with Crippen molar-refractivity contribution in [2.75, 3.05) is 0 Å². The van der Waals surface area contributed by atoms with E-state index < -0.39 is 0 Å². The molecule has 0 amide bonds. The summed E-state index contributed by atoms with van der Waals surface area (Å²) in [5.74, 6) is 0.730. The van der Waals surface area contributed by atoms with Gasteiger partial charge in [0.05, 0.1) is 0 Å². The van der Waals surface area contributed by atoms with Crippen molar-refractivity contribution in [1.29, 1.82) is 0 Å². The van der Waals surface area contributed by atoms with Crippen molar-refractivity contribution in [2.24, 2.45) is 5.92 Å². The molecule has 1 unspecified atom stereocenters. The SMILES string of the molecule is CCCCCCC1CC=C(C)C1=O. The Hall–Kier alpha value is -0.590. The summed E-state index contributed by atoms with van der Waals surface area (Å²) in [6.45, 7) is 4.15. The Morgan fingerprint density at radius 1 is 1.38 bits per heavy atom. The normalized spacial score (nSPS) is 22.2. The summed E-state index contributed by atoms with van der Waals surface area (Å²) in [7, 11) is 0. The third kappa shape index (κ3) is 2.98. The van der Waals surface area contributed by atoms with Gasteiger partial charge in [-0.25, -0.2) is 0 Å². The van der Waals surface area contributed by atoms with E-state index in [1.807, 2.05) is 6.92 Å². The molecule has 0 aliphatic heterocycles. The third-order valence-electron chi connectivity index (χ3n) is 2.87. The van der Waals surface area contributed by atoms with Crippen LogP contribution < -0.4 is 0 Å². The van der Waals surface area contributed by atoms with Crippen LogP contribution in [0.5, 0.6) is 0 Å². The zero-order valence-corrected chi connectivity index (χ0v) is 8.81. The molecule has 1 rings (SSSR count). The Morgan fingerprint density at radius 2 is 2.15 bits per heavy atom. The molecule has 1 heteroatoms. The number of ketones is 1. The first-order valence-electron chi connectivity index (χ1n) is 5.46. The van der Waals surface area contributed by atoms with E-state index in [0.717, 1.165) is 18.4 Å². The van der Waals surface area contributed by atoms with Crippen molar-refractivity contribution in [3.05, 3.63) is 11.6 Å². The fourth-order valence-electron chi connectivity index (χ4n) is 1.92. The van der Waals surface area contributed by atoms with Crippen molar-refractivity contribution in [2.45, 2.75) is 52.4 Å². The molecule has 0 bridgehead atoms. The number of unbranched alkanes of at least 4 members (excludes halogenated alkanes) is 3. The Morgan fingerprint density at radius 3 is 2.69 bits per heavy atom. The van der Waals surface area contributed by atoms with E-state index in [0.29, 0.717) is 11.7 Å². The standard InChI is InChI=1S/C12H20O/c1-3-4-5-6-7-11-9-8-10(2)12(11)13/h8,11H,3-7,9H2,1-2H3. The molecule has 1 atom stereocenters. The van der Waals surface area contributed by atoms with Gasteiger partial charge in [0.25, 0.3) is 0 Å². The highest BCUT2D eigenvalue weighted by atomic mass is 16.1. The van der Waals surface area contributed by atoms with Crippen LogP contribution in [-0.2, 0) is 4.79 Å². The summed E-state index contributed by atoms with van der Waals surface area (Å²) in [6.07, 6.45) is 9.30. The van der Waals surface area contributed by atoms with Crippen LogP contribution in [0.3, 0.4) is 0 Å². The Balaban J connectivity index is 2.14. The molecule has 0 N–H and O–H groups in total. The molecule has 0 fully saturated rings. The van der Waals surface area contributed by atoms with Crippen LogP contribution in [0.1, 0.15) is 52.4 Å². The molecule has 0 aromatic heterocycles. The second-order valence-corrected chi connectivity index (χ2v) is 4.03. The van der Waals surface area contributed by atoms with E-state index in [1.165, 1.54) is 25.7 Å². The van der Waals surface area contributed by atoms with Crippen molar-refractivity contribution in [3.63, 3.8) is 0 Å². The topological polar surface area (TPSA) is 17.1 Å². The smallest absolute Gasteiger partial charge is 0.161 e. The lowest BCUT2D eigenvalue weighted by atomic mass is 9.96. The monoisotopic (exact) mass is 180 g/mol. The molecule has 0 heterocycles. The van der Waals surface area contributed by atoms with Gasteiger partial charge in [-0.3, -0.25) is 4.79 Å². The van der Waals surface area contributed by atoms with Gasteiger partial charge in [-0.2, -0.15) is 0 Å². The van der Waals surface area contributed by atoms with Gasteiger partial charge in [0.1, 0.15) is 0 Å². The number of hydrogen-bond acceptors (Lipinski definition) is 1. The summed E-state index contributed by atoms with van der Waals surface area (Å²) >= 11 is 0. The van der Waals surface area contributed by atoms with Crippen LogP contribution in [-0.4, -0.2) is 5.78 Å². The summed E-state index contributed by atoms with van der Waals surface area (Å²) in [5, 5.41) is 0. The van der Waals surface area contributed by atoms with Gasteiger partial charge < -0.3 is 0 Å². The largest absolute Gasteiger partial charge is 0.294 e. The lowest BCUT2D eigenvalue weighted by Crippen LogP contribution is -2.08. The number of carbonyl (C=O) groups is 1. The Kier molecular flexibility index (Phi) is 4.20. The summed E-state index contributed by atoms with van der Waals surface area (Å²) in [4.78, 5) is 11.5. The maximum Gasteiger partial charge on any atom is 0.161 e. The number of carbonyl (C=O) groups excluding carboxylic acids is 1. The summed E-state index contributed by atoms with van der Waals surface area (Å²) in [5.41, 5.74) is 0.987. The maximum atomic E-state index is 11.5. The fraction of sp³-hybridized carbons (Fsp3) is 0.750. The first-order valence-corrected chi connectivity index (χ1v) is 5.46. The number of allylic oxidation sites excluding steroid dienone is 2. The van der Waals surface area contributed by atoms with E-state index in [1.54, 1.807) is 0 Å². The zero-order chi connectivity index (χ0) is 9.68. The van der Waals surface area contributed by atoms with Crippen molar-refractivity contribution in [1.82, 2.24) is 0 Å². The molecule has 0 saturated carbocycles. The molecule has 1 aliphatic rings. The molecule has 0 spiro atoms. The molecular formula is C12H20O. The fourth-order valence-corrected chi connectivity index (χ4v) is 1.92. The van der Waals surface area contributed by atoms with Crippen LogP contribution in [0.15, 0.2) is 11.6 Å². The number of Topliss-reactive ketones (excluding diaryl/α,β-unsaturated/α-hetero) is 1.